The normalized spacial score (nSPS) is 11.4. The number of rotatable bonds is 11. The summed E-state index contributed by atoms with van der Waals surface area (Å²) in [5.74, 6) is 1.61. The van der Waals surface area contributed by atoms with E-state index in [1.54, 1.807) is 68.8 Å². The Morgan fingerprint density at radius 1 is 1.12 bits per heavy atom. The molecule has 1 heterocycles. The van der Waals surface area contributed by atoms with E-state index in [4.69, 9.17) is 9.47 Å². The van der Waals surface area contributed by atoms with E-state index in [0.29, 0.717) is 40.3 Å². The van der Waals surface area contributed by atoms with Crippen molar-refractivity contribution in [2.24, 2.45) is 0 Å². The zero-order valence-electron chi connectivity index (χ0n) is 19.3. The monoisotopic (exact) mass is 481 g/mol. The van der Waals surface area contributed by atoms with Gasteiger partial charge in [-0.2, -0.15) is 0 Å². The average Bonchev–Trinajstić information content (AvgIpc) is 3.25. The van der Waals surface area contributed by atoms with E-state index in [-0.39, 0.29) is 17.6 Å². The van der Waals surface area contributed by atoms with Crippen molar-refractivity contribution < 1.29 is 19.1 Å². The van der Waals surface area contributed by atoms with Crippen LogP contribution in [0.2, 0.25) is 0 Å². The predicted octanol–water partition coefficient (Wildman–Crippen LogP) is 3.70. The zero-order valence-corrected chi connectivity index (χ0v) is 20.1. The molecule has 178 valence electrons. The Balaban J connectivity index is 1.64. The standard InChI is InChI=1S/C24H27N5O4S/c1-5-13-29-22(16(2)25-23(31)17-9-11-19(32-3)12-10-17)27-28-24(29)34-15-21(30)26-18-7-6-8-20(14-18)33-4/h5-12,14,16H,1,13,15H2,2-4H3,(H,25,31)(H,26,30)/t16-/m0/s1. The summed E-state index contributed by atoms with van der Waals surface area (Å²) in [6, 6.07) is 13.6. The molecule has 2 amide bonds. The van der Waals surface area contributed by atoms with Gasteiger partial charge in [-0.25, -0.2) is 0 Å². The molecule has 10 heteroatoms. The molecule has 0 unspecified atom stereocenters. The molecule has 1 aromatic heterocycles. The van der Waals surface area contributed by atoms with Crippen LogP contribution in [0.25, 0.3) is 0 Å². The molecular formula is C24H27N5O4S. The van der Waals surface area contributed by atoms with Crippen molar-refractivity contribution in [2.45, 2.75) is 24.7 Å². The molecule has 0 aliphatic rings. The van der Waals surface area contributed by atoms with Crippen molar-refractivity contribution in [2.75, 3.05) is 25.3 Å². The van der Waals surface area contributed by atoms with Gasteiger partial charge in [-0.3, -0.25) is 9.59 Å². The van der Waals surface area contributed by atoms with Gasteiger partial charge < -0.3 is 24.7 Å². The molecule has 0 spiro atoms. The largest absolute Gasteiger partial charge is 0.497 e. The Morgan fingerprint density at radius 2 is 1.85 bits per heavy atom. The Hall–Kier alpha value is -3.79. The van der Waals surface area contributed by atoms with Crippen LogP contribution < -0.4 is 20.1 Å². The zero-order chi connectivity index (χ0) is 24.5. The first-order chi connectivity index (χ1) is 16.4. The van der Waals surface area contributed by atoms with Crippen LogP contribution in [-0.4, -0.2) is 46.6 Å². The first-order valence-electron chi connectivity index (χ1n) is 10.5. The van der Waals surface area contributed by atoms with Gasteiger partial charge in [0.15, 0.2) is 11.0 Å². The van der Waals surface area contributed by atoms with Crippen molar-refractivity contribution in [3.05, 3.63) is 72.6 Å². The molecule has 0 saturated carbocycles. The van der Waals surface area contributed by atoms with E-state index in [9.17, 15) is 9.59 Å². The number of carbonyl (C=O) groups is 2. The van der Waals surface area contributed by atoms with Gasteiger partial charge >= 0.3 is 0 Å². The second-order valence-electron chi connectivity index (χ2n) is 7.23. The van der Waals surface area contributed by atoms with Crippen molar-refractivity contribution >= 4 is 29.3 Å². The maximum Gasteiger partial charge on any atom is 0.251 e. The first kappa shape index (κ1) is 24.8. The van der Waals surface area contributed by atoms with Gasteiger partial charge in [-0.15, -0.1) is 16.8 Å². The SMILES string of the molecule is C=CCn1c(SCC(=O)Nc2cccc(OC)c2)nnc1[C@H](C)NC(=O)c1ccc(OC)cc1. The number of amides is 2. The number of nitrogens with zero attached hydrogens (tertiary/aromatic N) is 3. The summed E-state index contributed by atoms with van der Waals surface area (Å²) in [5, 5.41) is 14.8. The number of hydrogen-bond acceptors (Lipinski definition) is 7. The number of allylic oxidation sites excluding steroid dienone is 1. The number of nitrogens with one attached hydrogen (secondary N) is 2. The highest BCUT2D eigenvalue weighted by molar-refractivity contribution is 7.99. The molecule has 0 aliphatic heterocycles. The third kappa shape index (κ3) is 6.38. The minimum Gasteiger partial charge on any atom is -0.497 e. The van der Waals surface area contributed by atoms with Crippen LogP contribution in [0.3, 0.4) is 0 Å². The van der Waals surface area contributed by atoms with Crippen LogP contribution in [0.5, 0.6) is 11.5 Å². The lowest BCUT2D eigenvalue weighted by Crippen LogP contribution is -2.28. The number of methoxy groups -OCH3 is 2. The summed E-state index contributed by atoms with van der Waals surface area (Å²) in [6.07, 6.45) is 1.71. The molecular weight excluding hydrogens is 454 g/mol. The third-order valence-corrected chi connectivity index (χ3v) is 5.80. The van der Waals surface area contributed by atoms with Crippen molar-refractivity contribution in [3.8, 4) is 11.5 Å². The molecule has 1 atom stereocenters. The lowest BCUT2D eigenvalue weighted by molar-refractivity contribution is -0.113. The van der Waals surface area contributed by atoms with Gasteiger partial charge in [0.25, 0.3) is 5.91 Å². The molecule has 0 fully saturated rings. The van der Waals surface area contributed by atoms with Crippen molar-refractivity contribution in [1.82, 2.24) is 20.1 Å². The molecule has 3 aromatic rings. The van der Waals surface area contributed by atoms with E-state index in [2.05, 4.69) is 27.4 Å². The summed E-state index contributed by atoms with van der Waals surface area (Å²) < 4.78 is 12.1. The summed E-state index contributed by atoms with van der Waals surface area (Å²) in [6.45, 7) is 6.06. The van der Waals surface area contributed by atoms with Crippen molar-refractivity contribution in [1.29, 1.82) is 0 Å². The van der Waals surface area contributed by atoms with E-state index in [1.165, 1.54) is 11.8 Å². The number of carbonyl (C=O) groups excluding carboxylic acids is 2. The van der Waals surface area contributed by atoms with E-state index in [1.807, 2.05) is 11.5 Å². The topological polar surface area (TPSA) is 107 Å². The Kier molecular flexibility index (Phi) is 8.69. The Bertz CT molecular complexity index is 1150. The van der Waals surface area contributed by atoms with Gasteiger partial charge in [-0.1, -0.05) is 23.9 Å². The molecule has 0 radical (unpaired) electrons. The molecule has 0 saturated heterocycles. The number of benzene rings is 2. The minimum atomic E-state index is -0.415. The van der Waals surface area contributed by atoms with Gasteiger partial charge in [0.1, 0.15) is 11.5 Å². The third-order valence-electron chi connectivity index (χ3n) is 4.83. The fourth-order valence-electron chi connectivity index (χ4n) is 3.14. The average molecular weight is 482 g/mol. The van der Waals surface area contributed by atoms with Gasteiger partial charge in [0, 0.05) is 23.9 Å². The maximum atomic E-state index is 12.6. The fraction of sp³-hybridized carbons (Fsp3) is 0.250. The molecule has 2 N–H and O–H groups in total. The van der Waals surface area contributed by atoms with Crippen molar-refractivity contribution in [3.63, 3.8) is 0 Å². The predicted molar refractivity (Wildman–Crippen MR) is 131 cm³/mol. The molecule has 3 rings (SSSR count). The highest BCUT2D eigenvalue weighted by atomic mass is 32.2. The fourth-order valence-corrected chi connectivity index (χ4v) is 3.90. The first-order valence-corrected chi connectivity index (χ1v) is 11.5. The summed E-state index contributed by atoms with van der Waals surface area (Å²) in [4.78, 5) is 25.1. The van der Waals surface area contributed by atoms with Gasteiger partial charge in [0.05, 0.1) is 26.0 Å². The smallest absolute Gasteiger partial charge is 0.251 e. The van der Waals surface area contributed by atoms with E-state index >= 15 is 0 Å². The van der Waals surface area contributed by atoms with Crippen LogP contribution in [0.15, 0.2) is 66.3 Å². The molecule has 9 nitrogen and oxygen atoms in total. The number of thioether (sulfide) groups is 1. The minimum absolute atomic E-state index is 0.138. The van der Waals surface area contributed by atoms with Gasteiger partial charge in [-0.05, 0) is 43.3 Å². The number of hydrogen-bond donors (Lipinski definition) is 2. The van der Waals surface area contributed by atoms with Crippen LogP contribution in [0.1, 0.15) is 29.1 Å². The van der Waals surface area contributed by atoms with Crippen LogP contribution >= 0.6 is 11.8 Å². The van der Waals surface area contributed by atoms with Crippen LogP contribution in [0.4, 0.5) is 5.69 Å². The summed E-state index contributed by atoms with van der Waals surface area (Å²) in [7, 11) is 3.14. The maximum absolute atomic E-state index is 12.6. The highest BCUT2D eigenvalue weighted by Gasteiger charge is 2.20. The molecule has 0 bridgehead atoms. The molecule has 34 heavy (non-hydrogen) atoms. The van der Waals surface area contributed by atoms with Crippen LogP contribution in [0, 0.1) is 0 Å². The number of aromatic nitrogens is 3. The van der Waals surface area contributed by atoms with Crippen LogP contribution in [-0.2, 0) is 11.3 Å². The lowest BCUT2D eigenvalue weighted by Gasteiger charge is -2.15. The molecule has 2 aromatic carbocycles. The Labute approximate surface area is 202 Å². The lowest BCUT2D eigenvalue weighted by atomic mass is 10.2. The van der Waals surface area contributed by atoms with E-state index in [0.717, 1.165) is 0 Å². The Morgan fingerprint density at radius 3 is 2.53 bits per heavy atom. The quantitative estimate of drug-likeness (QED) is 0.318. The summed E-state index contributed by atoms with van der Waals surface area (Å²) in [5.41, 5.74) is 1.15. The molecule has 0 aliphatic carbocycles. The van der Waals surface area contributed by atoms with E-state index < -0.39 is 6.04 Å². The number of anilines is 1. The summed E-state index contributed by atoms with van der Waals surface area (Å²) >= 11 is 1.25. The second kappa shape index (κ2) is 11.9. The second-order valence-corrected chi connectivity index (χ2v) is 8.18. The number of ether oxygens (including phenoxy) is 2. The highest BCUT2D eigenvalue weighted by Crippen LogP contribution is 2.22. The van der Waals surface area contributed by atoms with Gasteiger partial charge in [0.2, 0.25) is 5.91 Å².